The molecule has 21 heavy (non-hydrogen) atoms. The van der Waals surface area contributed by atoms with Crippen molar-refractivity contribution in [2.24, 2.45) is 0 Å². The minimum Gasteiger partial charge on any atom is -0.481 e. The monoisotopic (exact) mass is 404 g/mol. The fourth-order valence-electron chi connectivity index (χ4n) is 3.02. The number of rotatable bonds is 3. The van der Waals surface area contributed by atoms with Gasteiger partial charge in [0.1, 0.15) is 6.10 Å². The van der Waals surface area contributed by atoms with Crippen molar-refractivity contribution in [2.45, 2.75) is 31.0 Å². The lowest BCUT2D eigenvalue weighted by molar-refractivity contribution is -0.386. The van der Waals surface area contributed by atoms with E-state index in [2.05, 4.69) is 27.9 Å². The summed E-state index contributed by atoms with van der Waals surface area (Å²) in [5.41, 5.74) is -0.0818. The lowest BCUT2D eigenvalue weighted by atomic mass is 9.89. The highest BCUT2D eigenvalue weighted by Crippen LogP contribution is 2.37. The molecule has 0 aliphatic carbocycles. The van der Waals surface area contributed by atoms with E-state index in [0.717, 1.165) is 35.9 Å². The van der Waals surface area contributed by atoms with Gasteiger partial charge in [-0.15, -0.1) is 0 Å². The lowest BCUT2D eigenvalue weighted by Gasteiger charge is -2.32. The van der Waals surface area contributed by atoms with Crippen LogP contribution in [-0.2, 0) is 4.74 Å². The highest BCUT2D eigenvalue weighted by atomic mass is 127. The number of piperidine rings is 1. The Morgan fingerprint density at radius 1 is 1.43 bits per heavy atom. The molecule has 3 rings (SSSR count). The zero-order chi connectivity index (χ0) is 14.9. The number of nitrogens with one attached hydrogen (secondary N) is 1. The molecule has 6 nitrogen and oxygen atoms in total. The van der Waals surface area contributed by atoms with Crippen molar-refractivity contribution < 1.29 is 14.4 Å². The molecule has 7 heteroatoms. The Hall–Kier alpha value is -0.930. The van der Waals surface area contributed by atoms with Gasteiger partial charge >= 0.3 is 5.69 Å². The van der Waals surface area contributed by atoms with E-state index < -0.39 is 4.92 Å². The molecule has 0 radical (unpaired) electrons. The predicted octanol–water partition coefficient (Wildman–Crippen LogP) is 2.49. The van der Waals surface area contributed by atoms with Crippen molar-refractivity contribution in [3.8, 4) is 5.75 Å². The third kappa shape index (κ3) is 3.29. The Morgan fingerprint density at radius 2 is 2.19 bits per heavy atom. The van der Waals surface area contributed by atoms with Crippen molar-refractivity contribution in [1.29, 1.82) is 0 Å². The van der Waals surface area contributed by atoms with Crippen LogP contribution in [0.4, 0.5) is 5.69 Å². The van der Waals surface area contributed by atoms with Gasteiger partial charge in [-0.3, -0.25) is 10.1 Å². The minimum atomic E-state index is -0.395. The van der Waals surface area contributed by atoms with Gasteiger partial charge in [-0.2, -0.15) is 0 Å². The number of hydrogen-bond donors (Lipinski definition) is 1. The molecule has 1 aromatic carbocycles. The summed E-state index contributed by atoms with van der Waals surface area (Å²) in [6.45, 7) is 2.41. The molecule has 114 valence electrons. The highest BCUT2D eigenvalue weighted by Gasteiger charge is 2.42. The second kappa shape index (κ2) is 6.05. The third-order valence-corrected chi connectivity index (χ3v) is 4.77. The predicted molar refractivity (Wildman–Crippen MR) is 85.6 cm³/mol. The zero-order valence-corrected chi connectivity index (χ0v) is 13.7. The maximum atomic E-state index is 11.1. The van der Waals surface area contributed by atoms with Gasteiger partial charge in [0, 0.05) is 16.1 Å². The smallest absolute Gasteiger partial charge is 0.311 e. The largest absolute Gasteiger partial charge is 0.481 e. The first-order valence-electron chi connectivity index (χ1n) is 7.03. The normalized spacial score (nSPS) is 24.1. The molecule has 0 saturated carbocycles. The van der Waals surface area contributed by atoms with Gasteiger partial charge in [-0.05, 0) is 60.7 Å². The van der Waals surface area contributed by atoms with Gasteiger partial charge in [0.2, 0.25) is 0 Å². The summed E-state index contributed by atoms with van der Waals surface area (Å²) in [5.74, 6) is 0.333. The van der Waals surface area contributed by atoms with Crippen LogP contribution < -0.4 is 10.1 Å². The van der Waals surface area contributed by atoms with E-state index in [9.17, 15) is 10.1 Å². The molecule has 0 bridgehead atoms. The van der Waals surface area contributed by atoms with Crippen molar-refractivity contribution in [2.75, 3.05) is 19.7 Å². The Balaban J connectivity index is 1.72. The van der Waals surface area contributed by atoms with Crippen LogP contribution in [0.5, 0.6) is 5.75 Å². The van der Waals surface area contributed by atoms with Crippen LogP contribution in [0.1, 0.15) is 19.3 Å². The number of nitro groups is 1. The molecule has 1 N–H and O–H groups in total. The van der Waals surface area contributed by atoms with Crippen LogP contribution in [0.2, 0.25) is 0 Å². The Labute approximate surface area is 136 Å². The number of ether oxygens (including phenoxy) is 2. The third-order valence-electron chi connectivity index (χ3n) is 4.10. The first-order chi connectivity index (χ1) is 10.1. The van der Waals surface area contributed by atoms with Crippen molar-refractivity contribution in [1.82, 2.24) is 5.32 Å². The fourth-order valence-corrected chi connectivity index (χ4v) is 3.50. The Morgan fingerprint density at radius 3 is 2.90 bits per heavy atom. The van der Waals surface area contributed by atoms with Crippen LogP contribution in [0.15, 0.2) is 18.2 Å². The Bertz CT molecular complexity index is 546. The summed E-state index contributed by atoms with van der Waals surface area (Å²) < 4.78 is 12.6. The SMILES string of the molecule is O=[N+]([O-])c1cc(I)ccc1OC1COC2(CCNCC2)C1. The summed E-state index contributed by atoms with van der Waals surface area (Å²) >= 11 is 2.06. The number of nitro benzene ring substituents is 1. The molecule has 1 spiro atoms. The minimum absolute atomic E-state index is 0.0214. The quantitative estimate of drug-likeness (QED) is 0.476. The van der Waals surface area contributed by atoms with E-state index in [1.807, 2.05) is 6.07 Å². The summed E-state index contributed by atoms with van der Waals surface area (Å²) in [4.78, 5) is 10.7. The molecule has 0 amide bonds. The van der Waals surface area contributed by atoms with E-state index in [4.69, 9.17) is 9.47 Å². The Kier molecular flexibility index (Phi) is 4.32. The van der Waals surface area contributed by atoms with Crippen LogP contribution in [0.25, 0.3) is 0 Å². The van der Waals surface area contributed by atoms with Gasteiger partial charge in [-0.1, -0.05) is 0 Å². The van der Waals surface area contributed by atoms with Gasteiger partial charge < -0.3 is 14.8 Å². The summed E-state index contributed by atoms with van der Waals surface area (Å²) in [5, 5.41) is 14.4. The van der Waals surface area contributed by atoms with E-state index in [1.54, 1.807) is 6.07 Å². The molecule has 1 unspecified atom stereocenters. The maximum absolute atomic E-state index is 11.1. The first kappa shape index (κ1) is 15.0. The maximum Gasteiger partial charge on any atom is 0.311 e. The molecule has 1 atom stereocenters. The van der Waals surface area contributed by atoms with Gasteiger partial charge in [-0.25, -0.2) is 0 Å². The van der Waals surface area contributed by atoms with E-state index >= 15 is 0 Å². The van der Waals surface area contributed by atoms with E-state index in [-0.39, 0.29) is 17.4 Å². The van der Waals surface area contributed by atoms with Crippen LogP contribution in [0.3, 0.4) is 0 Å². The summed E-state index contributed by atoms with van der Waals surface area (Å²) in [6.07, 6.45) is 2.64. The second-order valence-corrected chi connectivity index (χ2v) is 6.80. The average Bonchev–Trinajstić information content (AvgIpc) is 2.84. The average molecular weight is 404 g/mol. The summed E-state index contributed by atoms with van der Waals surface area (Å²) in [6, 6.07) is 5.03. The van der Waals surface area contributed by atoms with Gasteiger partial charge in [0.15, 0.2) is 5.75 Å². The molecule has 2 aliphatic rings. The van der Waals surface area contributed by atoms with Crippen LogP contribution >= 0.6 is 22.6 Å². The molecular weight excluding hydrogens is 387 g/mol. The molecule has 2 saturated heterocycles. The van der Waals surface area contributed by atoms with Crippen molar-refractivity contribution in [3.05, 3.63) is 31.9 Å². The molecular formula is C14H17IN2O4. The molecule has 2 aliphatic heterocycles. The first-order valence-corrected chi connectivity index (χ1v) is 8.11. The topological polar surface area (TPSA) is 73.6 Å². The van der Waals surface area contributed by atoms with Crippen molar-refractivity contribution in [3.63, 3.8) is 0 Å². The van der Waals surface area contributed by atoms with Gasteiger partial charge in [0.25, 0.3) is 0 Å². The van der Waals surface area contributed by atoms with Crippen molar-refractivity contribution >= 4 is 28.3 Å². The number of hydrogen-bond acceptors (Lipinski definition) is 5. The molecule has 1 aromatic rings. The molecule has 2 heterocycles. The molecule has 0 aromatic heterocycles. The lowest BCUT2D eigenvalue weighted by Crippen LogP contribution is -2.41. The number of halogens is 1. The van der Waals surface area contributed by atoms with Crippen LogP contribution in [-0.4, -0.2) is 36.3 Å². The van der Waals surface area contributed by atoms with E-state index in [1.165, 1.54) is 6.07 Å². The second-order valence-electron chi connectivity index (χ2n) is 5.56. The summed E-state index contributed by atoms with van der Waals surface area (Å²) in [7, 11) is 0. The fraction of sp³-hybridized carbons (Fsp3) is 0.571. The zero-order valence-electron chi connectivity index (χ0n) is 11.5. The molecule has 2 fully saturated rings. The standard InChI is InChI=1S/C14H17IN2O4/c15-10-1-2-13(12(7-10)17(18)19)21-11-8-14(20-9-11)3-5-16-6-4-14/h1-2,7,11,16H,3-6,8-9H2. The van der Waals surface area contributed by atoms with E-state index in [0.29, 0.717) is 12.4 Å². The van der Waals surface area contributed by atoms with Crippen LogP contribution in [0, 0.1) is 13.7 Å². The number of benzene rings is 1. The highest BCUT2D eigenvalue weighted by molar-refractivity contribution is 14.1. The number of nitrogens with zero attached hydrogens (tertiary/aromatic N) is 1. The van der Waals surface area contributed by atoms with Gasteiger partial charge in [0.05, 0.1) is 17.1 Å².